The van der Waals surface area contributed by atoms with Crippen molar-refractivity contribution in [3.63, 3.8) is 0 Å². The number of methoxy groups -OCH3 is 1. The fraction of sp³-hybridized carbons (Fsp3) is 0.250. The first kappa shape index (κ1) is 12.3. The van der Waals surface area contributed by atoms with Crippen LogP contribution in [0.1, 0.15) is 5.56 Å². The molecular weight excluding hydrogens is 204 g/mol. The average Bonchev–Trinajstić information content (AvgIpc) is 2.29. The van der Waals surface area contributed by atoms with Crippen LogP contribution >= 0.6 is 0 Å². The fourth-order valence-electron chi connectivity index (χ4n) is 1.11. The van der Waals surface area contributed by atoms with Crippen molar-refractivity contribution < 1.29 is 9.53 Å². The van der Waals surface area contributed by atoms with E-state index in [0.717, 1.165) is 5.56 Å². The lowest BCUT2D eigenvalue weighted by molar-refractivity contribution is -0.116. The third kappa shape index (κ3) is 4.61. The Morgan fingerprint density at radius 1 is 1.44 bits per heavy atom. The third-order valence-electron chi connectivity index (χ3n) is 1.97. The Bertz CT molecular complexity index is 358. The van der Waals surface area contributed by atoms with Gasteiger partial charge in [-0.05, 0) is 23.8 Å². The minimum Gasteiger partial charge on any atom is -0.399 e. The second-order valence-electron chi connectivity index (χ2n) is 3.28. The van der Waals surface area contributed by atoms with E-state index in [1.807, 2.05) is 12.1 Å². The molecule has 0 saturated carbocycles. The number of rotatable bonds is 5. The van der Waals surface area contributed by atoms with Gasteiger partial charge in [0, 0.05) is 25.4 Å². The lowest BCUT2D eigenvalue weighted by Gasteiger charge is -2.00. The summed E-state index contributed by atoms with van der Waals surface area (Å²) in [6.45, 7) is 1.03. The molecule has 0 fully saturated rings. The summed E-state index contributed by atoms with van der Waals surface area (Å²) in [4.78, 5) is 11.3. The Labute approximate surface area is 95.1 Å². The van der Waals surface area contributed by atoms with Crippen molar-refractivity contribution in [3.8, 4) is 0 Å². The molecule has 0 spiro atoms. The monoisotopic (exact) mass is 220 g/mol. The number of ether oxygens (including phenoxy) is 1. The van der Waals surface area contributed by atoms with Gasteiger partial charge >= 0.3 is 0 Å². The van der Waals surface area contributed by atoms with Gasteiger partial charge < -0.3 is 15.8 Å². The topological polar surface area (TPSA) is 64.3 Å². The molecule has 16 heavy (non-hydrogen) atoms. The van der Waals surface area contributed by atoms with Gasteiger partial charge in [-0.1, -0.05) is 12.1 Å². The van der Waals surface area contributed by atoms with E-state index < -0.39 is 0 Å². The van der Waals surface area contributed by atoms with Gasteiger partial charge in [-0.2, -0.15) is 0 Å². The quantitative estimate of drug-likeness (QED) is 0.443. The number of nitrogen functional groups attached to an aromatic ring is 1. The SMILES string of the molecule is COCCNC(=O)/C=C/c1ccc(N)cc1. The average molecular weight is 220 g/mol. The number of nitrogens with two attached hydrogens (primary N) is 1. The largest absolute Gasteiger partial charge is 0.399 e. The summed E-state index contributed by atoms with van der Waals surface area (Å²) >= 11 is 0. The second kappa shape index (κ2) is 6.63. The van der Waals surface area contributed by atoms with Gasteiger partial charge in [-0.25, -0.2) is 0 Å². The summed E-state index contributed by atoms with van der Waals surface area (Å²) in [6, 6.07) is 7.30. The van der Waals surface area contributed by atoms with Crippen LogP contribution in [-0.2, 0) is 9.53 Å². The maximum absolute atomic E-state index is 11.3. The predicted molar refractivity (Wildman–Crippen MR) is 64.8 cm³/mol. The second-order valence-corrected chi connectivity index (χ2v) is 3.28. The summed E-state index contributed by atoms with van der Waals surface area (Å²) in [5.41, 5.74) is 7.20. The molecular formula is C12H16N2O2. The zero-order valence-corrected chi connectivity index (χ0v) is 9.27. The van der Waals surface area contributed by atoms with Gasteiger partial charge in [0.2, 0.25) is 5.91 Å². The molecule has 3 N–H and O–H groups in total. The lowest BCUT2D eigenvalue weighted by Crippen LogP contribution is -2.24. The van der Waals surface area contributed by atoms with Crippen molar-refractivity contribution in [3.05, 3.63) is 35.9 Å². The van der Waals surface area contributed by atoms with E-state index in [-0.39, 0.29) is 5.91 Å². The maximum atomic E-state index is 11.3. The molecule has 0 aliphatic rings. The maximum Gasteiger partial charge on any atom is 0.244 e. The van der Waals surface area contributed by atoms with E-state index in [2.05, 4.69) is 5.32 Å². The Kier molecular flexibility index (Phi) is 5.08. The van der Waals surface area contributed by atoms with Gasteiger partial charge in [0.05, 0.1) is 6.61 Å². The summed E-state index contributed by atoms with van der Waals surface area (Å²) in [7, 11) is 1.59. The highest BCUT2D eigenvalue weighted by Crippen LogP contribution is 2.06. The normalized spacial score (nSPS) is 10.6. The predicted octanol–water partition coefficient (Wildman–Crippen LogP) is 1.04. The van der Waals surface area contributed by atoms with Crippen LogP contribution in [0.2, 0.25) is 0 Å². The number of anilines is 1. The van der Waals surface area contributed by atoms with Crippen molar-refractivity contribution in [1.29, 1.82) is 0 Å². The van der Waals surface area contributed by atoms with Crippen LogP contribution in [0, 0.1) is 0 Å². The molecule has 4 nitrogen and oxygen atoms in total. The zero-order valence-electron chi connectivity index (χ0n) is 9.27. The van der Waals surface area contributed by atoms with Crippen molar-refractivity contribution in [1.82, 2.24) is 5.32 Å². The number of hydrogen-bond acceptors (Lipinski definition) is 3. The molecule has 0 bridgehead atoms. The molecule has 0 aliphatic carbocycles. The molecule has 1 aromatic rings. The van der Waals surface area contributed by atoms with E-state index in [9.17, 15) is 4.79 Å². The van der Waals surface area contributed by atoms with Crippen LogP contribution in [0.25, 0.3) is 6.08 Å². The Morgan fingerprint density at radius 2 is 2.12 bits per heavy atom. The molecule has 0 saturated heterocycles. The van der Waals surface area contributed by atoms with Crippen molar-refractivity contribution in [2.45, 2.75) is 0 Å². The van der Waals surface area contributed by atoms with Crippen molar-refractivity contribution in [2.75, 3.05) is 26.0 Å². The van der Waals surface area contributed by atoms with Crippen LogP contribution in [0.3, 0.4) is 0 Å². The van der Waals surface area contributed by atoms with E-state index in [4.69, 9.17) is 10.5 Å². The molecule has 0 unspecified atom stereocenters. The van der Waals surface area contributed by atoms with Crippen LogP contribution < -0.4 is 11.1 Å². The van der Waals surface area contributed by atoms with E-state index in [0.29, 0.717) is 18.8 Å². The number of amides is 1. The highest BCUT2D eigenvalue weighted by Gasteiger charge is 1.93. The van der Waals surface area contributed by atoms with Crippen LogP contribution in [0.4, 0.5) is 5.69 Å². The minimum atomic E-state index is -0.131. The van der Waals surface area contributed by atoms with E-state index in [1.165, 1.54) is 6.08 Å². The van der Waals surface area contributed by atoms with E-state index in [1.54, 1.807) is 25.3 Å². The minimum absolute atomic E-state index is 0.131. The molecule has 1 amide bonds. The lowest BCUT2D eigenvalue weighted by atomic mass is 10.2. The van der Waals surface area contributed by atoms with Crippen LogP contribution in [0.15, 0.2) is 30.3 Å². The number of hydrogen-bond donors (Lipinski definition) is 2. The van der Waals surface area contributed by atoms with Gasteiger partial charge in [0.25, 0.3) is 0 Å². The Morgan fingerprint density at radius 3 is 2.75 bits per heavy atom. The summed E-state index contributed by atoms with van der Waals surface area (Å²) in [5.74, 6) is -0.131. The molecule has 1 rings (SSSR count). The third-order valence-corrected chi connectivity index (χ3v) is 1.97. The van der Waals surface area contributed by atoms with Gasteiger partial charge in [-0.3, -0.25) is 4.79 Å². The number of carbonyl (C=O) groups is 1. The number of benzene rings is 1. The highest BCUT2D eigenvalue weighted by atomic mass is 16.5. The number of nitrogens with one attached hydrogen (secondary N) is 1. The van der Waals surface area contributed by atoms with Gasteiger partial charge in [0.1, 0.15) is 0 Å². The van der Waals surface area contributed by atoms with Crippen LogP contribution in [0.5, 0.6) is 0 Å². The Hall–Kier alpha value is -1.81. The molecule has 0 heterocycles. The standard InChI is InChI=1S/C12H16N2O2/c1-16-9-8-14-12(15)7-4-10-2-5-11(13)6-3-10/h2-7H,8-9,13H2,1H3,(H,14,15)/b7-4+. The first-order chi connectivity index (χ1) is 7.72. The van der Waals surface area contributed by atoms with Crippen LogP contribution in [-0.4, -0.2) is 26.2 Å². The van der Waals surface area contributed by atoms with Crippen molar-refractivity contribution in [2.24, 2.45) is 0 Å². The number of carbonyl (C=O) groups excluding carboxylic acids is 1. The van der Waals surface area contributed by atoms with Gasteiger partial charge in [0.15, 0.2) is 0 Å². The first-order valence-electron chi connectivity index (χ1n) is 5.03. The first-order valence-corrected chi connectivity index (χ1v) is 5.03. The van der Waals surface area contributed by atoms with E-state index >= 15 is 0 Å². The molecule has 1 aromatic carbocycles. The molecule has 0 aromatic heterocycles. The molecule has 0 radical (unpaired) electrons. The van der Waals surface area contributed by atoms with Crippen molar-refractivity contribution >= 4 is 17.7 Å². The highest BCUT2D eigenvalue weighted by molar-refractivity contribution is 5.91. The molecule has 4 heteroatoms. The zero-order chi connectivity index (χ0) is 11.8. The molecule has 0 atom stereocenters. The molecule has 0 aliphatic heterocycles. The summed E-state index contributed by atoms with van der Waals surface area (Å²) in [5, 5.41) is 2.69. The fourth-order valence-corrected chi connectivity index (χ4v) is 1.11. The van der Waals surface area contributed by atoms with Gasteiger partial charge in [-0.15, -0.1) is 0 Å². The smallest absolute Gasteiger partial charge is 0.244 e. The summed E-state index contributed by atoms with van der Waals surface area (Å²) in [6.07, 6.45) is 3.22. The summed E-state index contributed by atoms with van der Waals surface area (Å²) < 4.78 is 4.82. The molecule has 86 valence electrons. The Balaban J connectivity index is 2.41.